The molecule has 3 aliphatic carbocycles. The summed E-state index contributed by atoms with van der Waals surface area (Å²) in [4.78, 5) is 184. The van der Waals surface area contributed by atoms with Crippen LogP contribution in [0.15, 0.2) is 268 Å². The second kappa shape index (κ2) is 50.9. The third-order valence-electron chi connectivity index (χ3n) is 27.0. The highest BCUT2D eigenvalue weighted by Crippen LogP contribution is 2.49. The fourth-order valence-electron chi connectivity index (χ4n) is 16.7. The first-order chi connectivity index (χ1) is 71.1. The Bertz CT molecular complexity index is 6550. The number of hydrogen-bond donors (Lipinski definition) is 9. The number of methoxy groups -OCH3 is 4. The van der Waals surface area contributed by atoms with Crippen molar-refractivity contribution in [3.8, 4) is 23.0 Å². The van der Waals surface area contributed by atoms with Crippen LogP contribution in [0, 0.1) is 29.1 Å². The van der Waals surface area contributed by atoms with E-state index in [4.69, 9.17) is 35.2 Å². The molecule has 12 aromatic rings. The van der Waals surface area contributed by atoms with E-state index < -0.39 is 112 Å². The Balaban J connectivity index is 0.000000165. The lowest BCUT2D eigenvalue weighted by Gasteiger charge is -2.25. The van der Waals surface area contributed by atoms with E-state index in [0.717, 1.165) is 83.0 Å². The number of nitrogen functional groups attached to an aromatic ring is 2. The van der Waals surface area contributed by atoms with Crippen LogP contribution in [-0.2, 0) is 99.3 Å². The van der Waals surface area contributed by atoms with Gasteiger partial charge in [-0.05, 0) is 184 Å². The number of Topliss-reactive ketones (excluding diaryl/α,β-unsaturated/α-hetero) is 5. The number of rotatable bonds is 46. The number of carbonyl (C=O) groups excluding carboxylic acids is 12. The molecule has 4 aliphatic rings. The second-order valence-electron chi connectivity index (χ2n) is 38.5. The van der Waals surface area contributed by atoms with E-state index in [1.54, 1.807) is 91.8 Å². The van der Waals surface area contributed by atoms with Gasteiger partial charge in [-0.25, -0.2) is 34.6 Å². The van der Waals surface area contributed by atoms with E-state index >= 15 is 0 Å². The number of hydrogen-bond acceptors (Lipinski definition) is 27. The normalized spacial score (nSPS) is 16.1. The zero-order valence-electron chi connectivity index (χ0n) is 84.5. The number of epoxide rings is 1. The van der Waals surface area contributed by atoms with Crippen molar-refractivity contribution in [3.63, 3.8) is 0 Å². The highest BCUT2D eigenvalue weighted by Gasteiger charge is 2.53. The smallest absolute Gasteiger partial charge is 0.257 e. The van der Waals surface area contributed by atoms with Crippen molar-refractivity contribution in [3.05, 3.63) is 335 Å². The number of carbonyl (C=O) groups is 12. The van der Waals surface area contributed by atoms with E-state index in [-0.39, 0.29) is 88.8 Å². The van der Waals surface area contributed by atoms with Gasteiger partial charge in [0.05, 0.1) is 82.1 Å². The number of ketones is 5. The number of benzene rings is 8. The van der Waals surface area contributed by atoms with Crippen LogP contribution >= 0.6 is 0 Å². The van der Waals surface area contributed by atoms with Crippen LogP contribution in [0.3, 0.4) is 0 Å². The Morgan fingerprint density at radius 3 is 1.01 bits per heavy atom. The van der Waals surface area contributed by atoms with Crippen LogP contribution in [0.4, 0.5) is 11.6 Å². The first-order valence-electron chi connectivity index (χ1n) is 49.0. The van der Waals surface area contributed by atoms with Crippen molar-refractivity contribution in [1.29, 1.82) is 0 Å². The van der Waals surface area contributed by atoms with Gasteiger partial charge in [-0.2, -0.15) is 0 Å². The summed E-state index contributed by atoms with van der Waals surface area (Å²) in [5.41, 5.74) is 17.1. The number of nitrogens with one attached hydrogen (secondary N) is 7. The maximum Gasteiger partial charge on any atom is 0.257 e. The Kier molecular flexibility index (Phi) is 37.4. The quantitative estimate of drug-likeness (QED) is 0.0160. The van der Waals surface area contributed by atoms with Gasteiger partial charge in [0, 0.05) is 78.8 Å². The Morgan fingerprint density at radius 2 is 0.689 bits per heavy atom. The average Bonchev–Trinajstić information content (AvgIpc) is 1.65. The Labute approximate surface area is 859 Å². The average molecular weight is 2010 g/mol. The highest BCUT2D eigenvalue weighted by atomic mass is 16.6. The molecule has 1 saturated heterocycles. The number of aromatic nitrogens is 9. The topological polar surface area (TPSA) is 499 Å². The van der Waals surface area contributed by atoms with Gasteiger partial charge in [0.25, 0.3) is 17.7 Å². The summed E-state index contributed by atoms with van der Waals surface area (Å²) in [6, 6.07) is 61.0. The molecule has 8 aromatic carbocycles. The van der Waals surface area contributed by atoms with Crippen molar-refractivity contribution in [2.75, 3.05) is 46.5 Å². The summed E-state index contributed by atoms with van der Waals surface area (Å²) in [5.74, 6) is -1.09. The molecule has 3 saturated carbocycles. The Hall–Kier alpha value is -16.5. The number of nitrogens with zero attached hydrogens (tertiary/aromatic N) is 9. The first kappa shape index (κ1) is 109. The van der Waals surface area contributed by atoms with Crippen molar-refractivity contribution in [1.82, 2.24) is 82.1 Å². The molecule has 35 heteroatoms. The van der Waals surface area contributed by atoms with Gasteiger partial charge >= 0.3 is 0 Å². The lowest BCUT2D eigenvalue weighted by molar-refractivity contribution is -0.134. The number of amides is 7. The molecule has 35 nitrogen and oxygen atoms in total. The standard InChI is InChI=1S/C29H33N5O4.C28H31N5O4.C28H32N4O5.C28H30N4O4/c1-18-31-17-22(26(30)32-18)27(36)34-24(16-20-9-11-21(38-3)12-10-20)28(37)33-23(25(35)29(2)13-14-29)15-19-7-5-4-6-8-19;1-28(12-13-28)24(34)22(14-18-6-4-3-5-7-18)32-27(36)23(15-19-8-10-20(37-2)11-9-19)33-26(35)21-16-30-17-31-25(21)29;1-19(32-14-13-29-31-32)25(33)17-22(15-21-9-11-23(36-3)12-10-21)27(35)30-24(26(34)28(2)18-37-28)16-20-7-5-4-6-8-20;1-28(12-13-28)25(33)23(14-19-6-4-3-5-7-19)31-27(35)24(15-20-8-10-22(36-2)11-9-20)32-26(34)21-16-29-18-30-17-21/h4-12,17,23-24H,13-16H2,1-3H3,(H,33,37)(H,34,36)(H2,30,31,32);3-11,16-17,22-23H,12-15H2,1-2H3,(H,32,36)(H,33,35)(H2,29,30,31);4-14,19,22,24H,15-18H2,1-3H3,(H,30,35);3-11,16-18,23-24H,12-15H2,1-2H3,(H,31,35)(H,32,34)/t23-,24-;22-,23-;19-,22+,24-,28+;23-,24-/m0000/s1. The van der Waals surface area contributed by atoms with Gasteiger partial charge in [0.2, 0.25) is 23.6 Å². The minimum absolute atomic E-state index is 0.0000640. The third-order valence-corrected chi connectivity index (χ3v) is 27.0. The van der Waals surface area contributed by atoms with Crippen molar-refractivity contribution < 1.29 is 81.2 Å². The van der Waals surface area contributed by atoms with Gasteiger partial charge in [0.1, 0.15) is 82.9 Å². The van der Waals surface area contributed by atoms with E-state index in [9.17, 15) is 57.5 Å². The van der Waals surface area contributed by atoms with Gasteiger partial charge in [-0.3, -0.25) is 57.5 Å². The van der Waals surface area contributed by atoms with Gasteiger partial charge < -0.3 is 72.4 Å². The number of aryl methyl sites for hydroxylation is 1. The van der Waals surface area contributed by atoms with Crippen LogP contribution in [0.5, 0.6) is 23.0 Å². The van der Waals surface area contributed by atoms with Crippen LogP contribution in [0.25, 0.3) is 0 Å². The number of anilines is 2. The van der Waals surface area contributed by atoms with Gasteiger partial charge in [-0.1, -0.05) is 196 Å². The largest absolute Gasteiger partial charge is 0.497 e. The molecular weight excluding hydrogens is 1880 g/mol. The molecule has 5 heterocycles. The van der Waals surface area contributed by atoms with Crippen molar-refractivity contribution >= 4 is 81.9 Å². The molecule has 0 spiro atoms. The lowest BCUT2D eigenvalue weighted by Crippen LogP contribution is -2.54. The molecule has 148 heavy (non-hydrogen) atoms. The predicted octanol–water partition coefficient (Wildman–Crippen LogP) is 11.0. The van der Waals surface area contributed by atoms with E-state index in [0.29, 0.717) is 67.5 Å². The van der Waals surface area contributed by atoms with Crippen LogP contribution in [0.2, 0.25) is 0 Å². The lowest BCUT2D eigenvalue weighted by atomic mass is 9.90. The summed E-state index contributed by atoms with van der Waals surface area (Å²) >= 11 is 0. The van der Waals surface area contributed by atoms with E-state index in [1.807, 2.05) is 203 Å². The van der Waals surface area contributed by atoms with Gasteiger partial charge in [-0.15, -0.1) is 5.10 Å². The molecule has 16 rings (SSSR count). The van der Waals surface area contributed by atoms with Gasteiger partial charge in [0.15, 0.2) is 28.9 Å². The van der Waals surface area contributed by atoms with E-state index in [1.165, 1.54) is 48.3 Å². The summed E-state index contributed by atoms with van der Waals surface area (Å²) in [5, 5.41) is 27.8. The molecule has 4 aromatic heterocycles. The Morgan fingerprint density at radius 1 is 0.372 bits per heavy atom. The summed E-state index contributed by atoms with van der Waals surface area (Å²) < 4.78 is 27.8. The molecule has 7 amide bonds. The molecular formula is C113H126N18O17. The number of nitrogens with two attached hydrogens (primary N) is 2. The minimum atomic E-state index is -0.977. The molecule has 0 unspecified atom stereocenters. The molecule has 4 fully saturated rings. The van der Waals surface area contributed by atoms with E-state index in [2.05, 4.69) is 77.4 Å². The number of ether oxygens (including phenoxy) is 5. The first-order valence-corrected chi connectivity index (χ1v) is 49.0. The monoisotopic (exact) mass is 2010 g/mol. The third kappa shape index (κ3) is 31.1. The molecule has 0 bridgehead atoms. The maximum absolute atomic E-state index is 13.7. The highest BCUT2D eigenvalue weighted by molar-refractivity contribution is 6.04. The zero-order valence-corrected chi connectivity index (χ0v) is 84.5. The fraction of sp³-hybridized carbons (Fsp3) is 0.345. The van der Waals surface area contributed by atoms with Crippen molar-refractivity contribution in [2.45, 2.75) is 192 Å². The van der Waals surface area contributed by atoms with Crippen LogP contribution < -0.4 is 67.6 Å². The zero-order chi connectivity index (χ0) is 106. The molecule has 0 radical (unpaired) electrons. The maximum atomic E-state index is 13.7. The van der Waals surface area contributed by atoms with Crippen molar-refractivity contribution in [2.24, 2.45) is 22.2 Å². The summed E-state index contributed by atoms with van der Waals surface area (Å²) in [6.07, 6.45) is 18.3. The predicted molar refractivity (Wildman–Crippen MR) is 553 cm³/mol. The summed E-state index contributed by atoms with van der Waals surface area (Å²) in [6.45, 7) is 11.2. The SMILES string of the molecule is COc1ccc(C[C@H](CC(=O)[C@H](C)n2ccnn2)C(=O)N[C@@H](Cc2ccccc2)C(=O)[C@@]2(C)CO2)cc1.COc1ccc(C[C@H](NC(=O)c2cnc(C)nc2N)C(=O)N[C@@H](Cc2ccccc2)C(=O)C2(C)CC2)cc1.COc1ccc(C[C@H](NC(=O)c2cncnc2)C(=O)N[C@@H](Cc2ccccc2)C(=O)C2(C)CC2)cc1.COc1ccc(C[C@H](NC(=O)c2cncnc2N)C(=O)N[C@@H](Cc2ccccc2)C(=O)C2(C)CC2)cc1. The molecule has 1 aliphatic heterocycles. The van der Waals surface area contributed by atoms with Crippen LogP contribution in [0.1, 0.15) is 167 Å². The fourth-order valence-corrected chi connectivity index (χ4v) is 16.7. The molecule has 11 N–H and O–H groups in total. The summed E-state index contributed by atoms with van der Waals surface area (Å²) in [7, 11) is 6.31. The second-order valence-corrected chi connectivity index (χ2v) is 38.5. The van der Waals surface area contributed by atoms with Crippen LogP contribution in [-0.4, -0.2) is 198 Å². The minimum Gasteiger partial charge on any atom is -0.497 e. The molecule has 770 valence electrons. The molecule has 10 atom stereocenters.